The van der Waals surface area contributed by atoms with Crippen molar-refractivity contribution in [2.45, 2.75) is 26.9 Å². The normalized spacial score (nSPS) is 12.3. The molecule has 1 N–H and O–H groups in total. The third kappa shape index (κ3) is 3.12. The molecule has 0 saturated carbocycles. The summed E-state index contributed by atoms with van der Waals surface area (Å²) in [6.07, 6.45) is -0.538. The number of ether oxygens (including phenoxy) is 2. The molecule has 0 fully saturated rings. The predicted octanol–water partition coefficient (Wildman–Crippen LogP) is 3.30. The summed E-state index contributed by atoms with van der Waals surface area (Å²) < 4.78 is 11.8. The van der Waals surface area contributed by atoms with Gasteiger partial charge in [-0.2, -0.15) is 0 Å². The first kappa shape index (κ1) is 13.3. The van der Waals surface area contributed by atoms with Crippen LogP contribution < -0.4 is 9.47 Å². The summed E-state index contributed by atoms with van der Waals surface area (Å²) >= 11 is 3.41. The van der Waals surface area contributed by atoms with Gasteiger partial charge in [0.25, 0.3) is 0 Å². The van der Waals surface area contributed by atoms with Crippen molar-refractivity contribution in [3.63, 3.8) is 0 Å². The van der Waals surface area contributed by atoms with Gasteiger partial charge in [-0.05, 0) is 38.5 Å². The molecular weight excluding hydrogens is 272 g/mol. The van der Waals surface area contributed by atoms with Gasteiger partial charge in [0.1, 0.15) is 0 Å². The van der Waals surface area contributed by atoms with E-state index >= 15 is 0 Å². The van der Waals surface area contributed by atoms with Gasteiger partial charge in [0, 0.05) is 4.47 Å². The topological polar surface area (TPSA) is 38.7 Å². The second-order valence-corrected chi connectivity index (χ2v) is 4.22. The molecule has 0 unspecified atom stereocenters. The lowest BCUT2D eigenvalue weighted by atomic mass is 10.1. The molecule has 0 spiro atoms. The fraction of sp³-hybridized carbons (Fsp3) is 0.500. The highest BCUT2D eigenvalue weighted by Gasteiger charge is 2.13. The van der Waals surface area contributed by atoms with Crippen LogP contribution in [0.2, 0.25) is 0 Å². The minimum absolute atomic E-state index is 0.538. The van der Waals surface area contributed by atoms with E-state index in [4.69, 9.17) is 9.47 Å². The Balaban J connectivity index is 3.14. The Labute approximate surface area is 105 Å². The van der Waals surface area contributed by atoms with E-state index in [1.165, 1.54) is 0 Å². The second-order valence-electron chi connectivity index (χ2n) is 3.36. The molecule has 4 heteroatoms. The molecule has 90 valence electrons. The molecule has 0 radical (unpaired) electrons. The molecule has 0 bridgehead atoms. The van der Waals surface area contributed by atoms with Crippen molar-refractivity contribution in [2.75, 3.05) is 13.2 Å². The van der Waals surface area contributed by atoms with Crippen LogP contribution in [0.5, 0.6) is 11.5 Å². The molecule has 0 aliphatic rings. The zero-order valence-electron chi connectivity index (χ0n) is 9.79. The van der Waals surface area contributed by atoms with Crippen molar-refractivity contribution in [1.82, 2.24) is 0 Å². The average Bonchev–Trinajstić information content (AvgIpc) is 2.22. The van der Waals surface area contributed by atoms with Gasteiger partial charge in [-0.15, -0.1) is 0 Å². The molecule has 1 aromatic rings. The monoisotopic (exact) mass is 288 g/mol. The summed E-state index contributed by atoms with van der Waals surface area (Å²) in [4.78, 5) is 0. The number of rotatable bonds is 5. The number of aliphatic hydroxyl groups excluding tert-OH is 1. The molecule has 0 saturated heterocycles. The van der Waals surface area contributed by atoms with Crippen LogP contribution in [-0.4, -0.2) is 18.3 Å². The molecule has 1 rings (SSSR count). The van der Waals surface area contributed by atoms with Crippen LogP contribution in [0.1, 0.15) is 32.4 Å². The first-order valence-corrected chi connectivity index (χ1v) is 6.16. The van der Waals surface area contributed by atoms with E-state index in [9.17, 15) is 5.11 Å². The first-order chi connectivity index (χ1) is 7.60. The Hall–Kier alpha value is -0.740. The van der Waals surface area contributed by atoms with Crippen molar-refractivity contribution in [3.05, 3.63) is 22.2 Å². The number of benzene rings is 1. The van der Waals surface area contributed by atoms with Gasteiger partial charge in [-0.1, -0.05) is 15.9 Å². The van der Waals surface area contributed by atoms with Gasteiger partial charge in [0.2, 0.25) is 0 Å². The van der Waals surface area contributed by atoms with Crippen LogP contribution in [0.4, 0.5) is 0 Å². The van der Waals surface area contributed by atoms with Crippen molar-refractivity contribution < 1.29 is 14.6 Å². The maximum Gasteiger partial charge on any atom is 0.162 e. The van der Waals surface area contributed by atoms with E-state index in [1.54, 1.807) is 6.92 Å². The van der Waals surface area contributed by atoms with Crippen LogP contribution >= 0.6 is 15.9 Å². The standard InChI is InChI=1S/C12H17BrO3/c1-4-15-11-6-9(8(3)14)10(13)7-12(11)16-5-2/h6-8,14H,4-5H2,1-3H3/t8-/m0/s1. The Morgan fingerprint density at radius 1 is 1.19 bits per heavy atom. The summed E-state index contributed by atoms with van der Waals surface area (Å²) in [5.41, 5.74) is 0.798. The van der Waals surface area contributed by atoms with Crippen molar-refractivity contribution in [1.29, 1.82) is 0 Å². The van der Waals surface area contributed by atoms with E-state index in [0.29, 0.717) is 24.7 Å². The molecule has 0 aliphatic heterocycles. The molecule has 0 aliphatic carbocycles. The van der Waals surface area contributed by atoms with Gasteiger partial charge in [-0.25, -0.2) is 0 Å². The minimum atomic E-state index is -0.538. The molecule has 0 amide bonds. The molecule has 1 aromatic carbocycles. The summed E-state index contributed by atoms with van der Waals surface area (Å²) in [7, 11) is 0. The number of halogens is 1. The second kappa shape index (κ2) is 6.11. The van der Waals surface area contributed by atoms with Crippen LogP contribution in [0.3, 0.4) is 0 Å². The van der Waals surface area contributed by atoms with E-state index < -0.39 is 6.10 Å². The van der Waals surface area contributed by atoms with Crippen LogP contribution in [0.25, 0.3) is 0 Å². The zero-order valence-corrected chi connectivity index (χ0v) is 11.4. The molecule has 3 nitrogen and oxygen atoms in total. The summed E-state index contributed by atoms with van der Waals surface area (Å²) in [6, 6.07) is 3.64. The molecule has 0 aromatic heterocycles. The van der Waals surface area contributed by atoms with Crippen molar-refractivity contribution in [3.8, 4) is 11.5 Å². The van der Waals surface area contributed by atoms with Gasteiger partial charge in [-0.3, -0.25) is 0 Å². The first-order valence-electron chi connectivity index (χ1n) is 5.37. The lowest BCUT2D eigenvalue weighted by Crippen LogP contribution is -2.01. The number of aliphatic hydroxyl groups is 1. The summed E-state index contributed by atoms with van der Waals surface area (Å²) in [5, 5.41) is 9.59. The van der Waals surface area contributed by atoms with Crippen LogP contribution in [-0.2, 0) is 0 Å². The highest BCUT2D eigenvalue weighted by molar-refractivity contribution is 9.10. The summed E-state index contributed by atoms with van der Waals surface area (Å²) in [6.45, 7) is 6.71. The fourth-order valence-corrected chi connectivity index (χ4v) is 2.06. The van der Waals surface area contributed by atoms with E-state index in [2.05, 4.69) is 15.9 Å². The van der Waals surface area contributed by atoms with E-state index in [1.807, 2.05) is 26.0 Å². The number of hydrogen-bond donors (Lipinski definition) is 1. The molecular formula is C12H17BrO3. The molecule has 0 heterocycles. The Morgan fingerprint density at radius 3 is 2.12 bits per heavy atom. The maximum atomic E-state index is 9.59. The highest BCUT2D eigenvalue weighted by Crippen LogP contribution is 2.36. The minimum Gasteiger partial charge on any atom is -0.490 e. The Kier molecular flexibility index (Phi) is 5.09. The van der Waals surface area contributed by atoms with Gasteiger partial charge in [0.15, 0.2) is 11.5 Å². The average molecular weight is 289 g/mol. The van der Waals surface area contributed by atoms with Crippen LogP contribution in [0.15, 0.2) is 16.6 Å². The lowest BCUT2D eigenvalue weighted by Gasteiger charge is -2.15. The van der Waals surface area contributed by atoms with Crippen molar-refractivity contribution >= 4 is 15.9 Å². The predicted molar refractivity (Wildman–Crippen MR) is 67.1 cm³/mol. The fourth-order valence-electron chi connectivity index (χ4n) is 1.41. The van der Waals surface area contributed by atoms with Gasteiger partial charge in [0.05, 0.1) is 19.3 Å². The van der Waals surface area contributed by atoms with Crippen LogP contribution in [0, 0.1) is 0 Å². The quantitative estimate of drug-likeness (QED) is 0.904. The smallest absolute Gasteiger partial charge is 0.162 e. The summed E-state index contributed by atoms with van der Waals surface area (Å²) in [5.74, 6) is 1.36. The third-order valence-corrected chi connectivity index (χ3v) is 2.80. The maximum absolute atomic E-state index is 9.59. The van der Waals surface area contributed by atoms with E-state index in [-0.39, 0.29) is 0 Å². The van der Waals surface area contributed by atoms with Gasteiger partial charge < -0.3 is 14.6 Å². The zero-order chi connectivity index (χ0) is 12.1. The largest absolute Gasteiger partial charge is 0.490 e. The number of hydrogen-bond acceptors (Lipinski definition) is 3. The lowest BCUT2D eigenvalue weighted by molar-refractivity contribution is 0.197. The SMILES string of the molecule is CCOc1cc(Br)c([C@H](C)O)cc1OCC. The van der Waals surface area contributed by atoms with Crippen molar-refractivity contribution in [2.24, 2.45) is 0 Å². The third-order valence-electron chi connectivity index (χ3n) is 2.11. The van der Waals surface area contributed by atoms with Gasteiger partial charge >= 0.3 is 0 Å². The Bertz CT molecular complexity index is 350. The molecule has 1 atom stereocenters. The Morgan fingerprint density at radius 2 is 1.69 bits per heavy atom. The highest BCUT2D eigenvalue weighted by atomic mass is 79.9. The van der Waals surface area contributed by atoms with E-state index in [0.717, 1.165) is 10.0 Å². The molecule has 16 heavy (non-hydrogen) atoms.